The van der Waals surface area contributed by atoms with E-state index in [0.29, 0.717) is 10.4 Å². The topological polar surface area (TPSA) is 47.2 Å². The van der Waals surface area contributed by atoms with Crippen molar-refractivity contribution in [3.63, 3.8) is 0 Å². The smallest absolute Gasteiger partial charge is 0.280 e. The van der Waals surface area contributed by atoms with Crippen molar-refractivity contribution in [1.29, 1.82) is 0 Å². The molecule has 2 aromatic carbocycles. The number of nitrogens with zero attached hydrogens (tertiary/aromatic N) is 3. The summed E-state index contributed by atoms with van der Waals surface area (Å²) >= 11 is 3.14. The minimum atomic E-state index is -0.250. The highest BCUT2D eigenvalue weighted by Gasteiger charge is 2.14. The van der Waals surface area contributed by atoms with Gasteiger partial charge in [-0.2, -0.15) is 4.99 Å². The summed E-state index contributed by atoms with van der Waals surface area (Å²) in [6.45, 7) is 2.07. The van der Waals surface area contributed by atoms with Crippen LogP contribution in [0.2, 0.25) is 0 Å². The van der Waals surface area contributed by atoms with Gasteiger partial charge >= 0.3 is 0 Å². The average molecular weight is 416 g/mol. The number of thiophene rings is 1. The molecule has 0 bridgehead atoms. The summed E-state index contributed by atoms with van der Waals surface area (Å²) in [7, 11) is 1.95. The van der Waals surface area contributed by atoms with Crippen LogP contribution >= 0.6 is 22.7 Å². The molecule has 4 nitrogen and oxygen atoms in total. The number of hydrogen-bond donors (Lipinski definition) is 0. The second-order valence-corrected chi connectivity index (χ2v) is 8.84. The van der Waals surface area contributed by atoms with Gasteiger partial charge < -0.3 is 4.57 Å². The summed E-state index contributed by atoms with van der Waals surface area (Å²) < 4.78 is 3.10. The molecule has 6 heteroatoms. The fourth-order valence-electron chi connectivity index (χ4n) is 3.40. The van der Waals surface area contributed by atoms with Gasteiger partial charge in [0.1, 0.15) is 0 Å². The SMILES string of the molecule is Cc1ccc2c(c1)sc(=NC(=O)c1cc(-c3cccs3)nc3ccccc13)n2C. The number of para-hydroxylation sites is 1. The molecule has 0 N–H and O–H groups in total. The van der Waals surface area contributed by atoms with Crippen LogP contribution in [0.3, 0.4) is 0 Å². The lowest BCUT2D eigenvalue weighted by Crippen LogP contribution is -2.13. The first-order chi connectivity index (χ1) is 14.1. The first kappa shape index (κ1) is 18.0. The standard InChI is InChI=1S/C23H17N3OS2/c1-14-9-10-19-21(12-14)29-23(26(19)2)25-22(27)16-13-18(20-8-5-11-28-20)24-17-7-4-3-6-15(16)17/h3-13H,1-2H3. The van der Waals surface area contributed by atoms with Crippen LogP contribution in [0.5, 0.6) is 0 Å². The molecule has 5 aromatic rings. The number of carbonyl (C=O) groups is 1. The zero-order valence-electron chi connectivity index (χ0n) is 15.9. The van der Waals surface area contributed by atoms with Crippen molar-refractivity contribution < 1.29 is 4.79 Å². The van der Waals surface area contributed by atoms with Gasteiger partial charge in [-0.05, 0) is 48.2 Å². The van der Waals surface area contributed by atoms with Crippen LogP contribution in [-0.2, 0) is 7.05 Å². The number of carbonyl (C=O) groups excluding carboxylic acids is 1. The highest BCUT2D eigenvalue weighted by atomic mass is 32.1. The zero-order valence-corrected chi connectivity index (χ0v) is 17.6. The van der Waals surface area contributed by atoms with Crippen molar-refractivity contribution >= 4 is 49.7 Å². The zero-order chi connectivity index (χ0) is 20.0. The lowest BCUT2D eigenvalue weighted by atomic mass is 10.1. The molecule has 0 radical (unpaired) electrons. The third kappa shape index (κ3) is 3.20. The van der Waals surface area contributed by atoms with Gasteiger partial charge in [0.15, 0.2) is 4.80 Å². The number of fused-ring (bicyclic) bond motifs is 2. The minimum absolute atomic E-state index is 0.250. The Morgan fingerprint density at radius 2 is 1.93 bits per heavy atom. The third-order valence-corrected chi connectivity index (χ3v) is 6.87. The Bertz CT molecular complexity index is 1440. The fraction of sp³-hybridized carbons (Fsp3) is 0.0870. The molecular formula is C23H17N3OS2. The molecule has 0 aliphatic heterocycles. The monoisotopic (exact) mass is 415 g/mol. The van der Waals surface area contributed by atoms with E-state index in [-0.39, 0.29) is 5.91 Å². The van der Waals surface area contributed by atoms with E-state index >= 15 is 0 Å². The molecule has 0 atom stereocenters. The summed E-state index contributed by atoms with van der Waals surface area (Å²) in [5.41, 5.74) is 4.44. The fourth-order valence-corrected chi connectivity index (χ4v) is 5.20. The molecule has 0 aliphatic carbocycles. The molecule has 0 fully saturated rings. The van der Waals surface area contributed by atoms with Crippen molar-refractivity contribution in [1.82, 2.24) is 9.55 Å². The number of amides is 1. The van der Waals surface area contributed by atoms with Gasteiger partial charge in [-0.3, -0.25) is 4.79 Å². The van der Waals surface area contributed by atoms with Gasteiger partial charge in [0.2, 0.25) is 0 Å². The number of aromatic nitrogens is 2. The van der Waals surface area contributed by atoms with Crippen LogP contribution in [0, 0.1) is 6.92 Å². The van der Waals surface area contributed by atoms with E-state index in [9.17, 15) is 4.79 Å². The Hall–Kier alpha value is -3.09. The van der Waals surface area contributed by atoms with Crippen molar-refractivity contribution in [2.24, 2.45) is 12.0 Å². The van der Waals surface area contributed by atoms with Crippen LogP contribution in [0.1, 0.15) is 15.9 Å². The van der Waals surface area contributed by atoms with Gasteiger partial charge in [0.25, 0.3) is 5.91 Å². The highest BCUT2D eigenvalue weighted by Crippen LogP contribution is 2.28. The van der Waals surface area contributed by atoms with E-state index in [1.54, 1.807) is 11.3 Å². The first-order valence-corrected chi connectivity index (χ1v) is 10.9. The number of pyridine rings is 1. The summed E-state index contributed by atoms with van der Waals surface area (Å²) in [6.07, 6.45) is 0. The molecule has 5 rings (SSSR count). The predicted molar refractivity (Wildman–Crippen MR) is 120 cm³/mol. The first-order valence-electron chi connectivity index (χ1n) is 9.19. The number of hydrogen-bond acceptors (Lipinski definition) is 4. The number of rotatable bonds is 2. The van der Waals surface area contributed by atoms with Gasteiger partial charge in [-0.15, -0.1) is 11.3 Å². The molecule has 0 aliphatic rings. The largest absolute Gasteiger partial charge is 0.319 e. The Morgan fingerprint density at radius 3 is 2.76 bits per heavy atom. The third-order valence-electron chi connectivity index (χ3n) is 4.88. The Kier molecular flexibility index (Phi) is 4.38. The molecule has 3 aromatic heterocycles. The van der Waals surface area contributed by atoms with Crippen LogP contribution in [0.25, 0.3) is 31.7 Å². The van der Waals surface area contributed by atoms with Crippen molar-refractivity contribution in [3.05, 3.63) is 82.0 Å². The van der Waals surface area contributed by atoms with Gasteiger partial charge in [0.05, 0.1) is 31.9 Å². The minimum Gasteiger partial charge on any atom is -0.319 e. The van der Waals surface area contributed by atoms with E-state index in [4.69, 9.17) is 4.98 Å². The molecule has 142 valence electrons. The molecular weight excluding hydrogens is 398 g/mol. The maximum Gasteiger partial charge on any atom is 0.280 e. The van der Waals surface area contributed by atoms with E-state index in [2.05, 4.69) is 30.1 Å². The molecule has 0 saturated carbocycles. The molecule has 29 heavy (non-hydrogen) atoms. The highest BCUT2D eigenvalue weighted by molar-refractivity contribution is 7.16. The lowest BCUT2D eigenvalue weighted by molar-refractivity contribution is 0.0999. The number of benzene rings is 2. The lowest BCUT2D eigenvalue weighted by Gasteiger charge is -2.06. The maximum atomic E-state index is 13.2. The predicted octanol–water partition coefficient (Wildman–Crippen LogP) is 5.57. The number of thiazole rings is 1. The normalized spacial score (nSPS) is 12.1. The quantitative estimate of drug-likeness (QED) is 0.379. The van der Waals surface area contributed by atoms with Crippen LogP contribution in [0.15, 0.2) is 71.0 Å². The summed E-state index contributed by atoms with van der Waals surface area (Å²) in [5.74, 6) is -0.250. The van der Waals surface area contributed by atoms with Crippen LogP contribution < -0.4 is 4.80 Å². The summed E-state index contributed by atoms with van der Waals surface area (Å²) in [6, 6.07) is 19.9. The Labute approximate surface area is 175 Å². The van der Waals surface area contributed by atoms with E-state index in [1.165, 1.54) is 16.9 Å². The molecule has 1 amide bonds. The van der Waals surface area contributed by atoms with Gasteiger partial charge in [-0.25, -0.2) is 4.98 Å². The van der Waals surface area contributed by atoms with Crippen LogP contribution in [-0.4, -0.2) is 15.5 Å². The molecule has 3 heterocycles. The van der Waals surface area contributed by atoms with E-state index < -0.39 is 0 Å². The second kappa shape index (κ2) is 7.06. The van der Waals surface area contributed by atoms with Gasteiger partial charge in [0, 0.05) is 12.4 Å². The van der Waals surface area contributed by atoms with E-state index in [1.807, 2.05) is 59.5 Å². The number of aryl methyl sites for hydroxylation is 2. The summed E-state index contributed by atoms with van der Waals surface area (Å²) in [5, 5.41) is 2.83. The van der Waals surface area contributed by atoms with Crippen molar-refractivity contribution in [2.45, 2.75) is 6.92 Å². The van der Waals surface area contributed by atoms with Crippen molar-refractivity contribution in [2.75, 3.05) is 0 Å². The van der Waals surface area contributed by atoms with Gasteiger partial charge in [-0.1, -0.05) is 41.7 Å². The Morgan fingerprint density at radius 1 is 1.07 bits per heavy atom. The maximum absolute atomic E-state index is 13.2. The second-order valence-electron chi connectivity index (χ2n) is 6.88. The van der Waals surface area contributed by atoms with Crippen molar-refractivity contribution in [3.8, 4) is 10.6 Å². The summed E-state index contributed by atoms with van der Waals surface area (Å²) in [4.78, 5) is 24.2. The molecule has 0 unspecified atom stereocenters. The van der Waals surface area contributed by atoms with E-state index in [0.717, 1.165) is 31.7 Å². The Balaban J connectivity index is 1.70. The average Bonchev–Trinajstić information content (AvgIpc) is 3.36. The molecule has 0 saturated heterocycles. The molecule has 0 spiro atoms. The van der Waals surface area contributed by atoms with Crippen LogP contribution in [0.4, 0.5) is 0 Å².